The molecule has 0 amide bonds. The van der Waals surface area contributed by atoms with Gasteiger partial charge in [0, 0.05) is 23.2 Å². The Morgan fingerprint density at radius 3 is 2.55 bits per heavy atom. The second-order valence-corrected chi connectivity index (χ2v) is 4.91. The van der Waals surface area contributed by atoms with Gasteiger partial charge in [-0.15, -0.1) is 0 Å². The van der Waals surface area contributed by atoms with Gasteiger partial charge in [0.2, 0.25) is 0 Å². The minimum atomic E-state index is 0.162. The molecule has 0 bridgehead atoms. The van der Waals surface area contributed by atoms with Crippen LogP contribution in [0.5, 0.6) is 5.75 Å². The smallest absolute Gasteiger partial charge is 0.124 e. The van der Waals surface area contributed by atoms with Gasteiger partial charge in [-0.1, -0.05) is 42.5 Å². The maximum Gasteiger partial charge on any atom is 0.124 e. The summed E-state index contributed by atoms with van der Waals surface area (Å²) in [6.07, 6.45) is 0.466. The normalized spacial score (nSPS) is 11.5. The molecule has 0 spiro atoms. The van der Waals surface area contributed by atoms with Crippen molar-refractivity contribution in [2.75, 3.05) is 0 Å². The SMILES string of the molecule is N/N=C(/Cc1cc(-c2ccccc2)n[nH]1)c1ccccc1O. The van der Waals surface area contributed by atoms with Crippen LogP contribution in [0.4, 0.5) is 0 Å². The summed E-state index contributed by atoms with van der Waals surface area (Å²) < 4.78 is 0. The van der Waals surface area contributed by atoms with Gasteiger partial charge >= 0.3 is 0 Å². The highest BCUT2D eigenvalue weighted by Crippen LogP contribution is 2.21. The molecule has 0 radical (unpaired) electrons. The van der Waals surface area contributed by atoms with E-state index in [1.54, 1.807) is 18.2 Å². The number of hydrazone groups is 1. The number of nitrogens with one attached hydrogen (secondary N) is 1. The summed E-state index contributed by atoms with van der Waals surface area (Å²) in [4.78, 5) is 0. The number of nitrogens with zero attached hydrogens (tertiary/aromatic N) is 2. The molecule has 3 rings (SSSR count). The molecule has 0 aliphatic heterocycles. The van der Waals surface area contributed by atoms with Crippen molar-refractivity contribution in [1.29, 1.82) is 0 Å². The summed E-state index contributed by atoms with van der Waals surface area (Å²) in [5.74, 6) is 5.64. The van der Waals surface area contributed by atoms with Crippen molar-refractivity contribution in [3.8, 4) is 17.0 Å². The first-order valence-corrected chi connectivity index (χ1v) is 6.93. The van der Waals surface area contributed by atoms with Crippen molar-refractivity contribution in [2.24, 2.45) is 10.9 Å². The average Bonchev–Trinajstić information content (AvgIpc) is 3.03. The van der Waals surface area contributed by atoms with E-state index in [0.717, 1.165) is 17.0 Å². The number of phenols is 1. The largest absolute Gasteiger partial charge is 0.507 e. The van der Waals surface area contributed by atoms with Gasteiger partial charge in [0.05, 0.1) is 11.4 Å². The number of hydrogen-bond donors (Lipinski definition) is 3. The second kappa shape index (κ2) is 6.13. The lowest BCUT2D eigenvalue weighted by Gasteiger charge is -2.05. The number of H-pyrrole nitrogens is 1. The van der Waals surface area contributed by atoms with Crippen molar-refractivity contribution in [2.45, 2.75) is 6.42 Å². The standard InChI is InChI=1S/C17H16N4O/c18-19-16(14-8-4-5-9-17(14)22)11-13-10-15(21-20-13)12-6-2-1-3-7-12/h1-10,22H,11,18H2,(H,20,21)/b19-16-. The van der Waals surface area contributed by atoms with Gasteiger partial charge in [-0.05, 0) is 18.2 Å². The Morgan fingerprint density at radius 1 is 1.09 bits per heavy atom. The number of aromatic nitrogens is 2. The van der Waals surface area contributed by atoms with Crippen LogP contribution in [-0.2, 0) is 6.42 Å². The number of hydrogen-bond acceptors (Lipinski definition) is 4. The molecule has 1 aromatic heterocycles. The van der Waals surface area contributed by atoms with Crippen LogP contribution in [-0.4, -0.2) is 21.0 Å². The van der Waals surface area contributed by atoms with Gasteiger partial charge in [0.15, 0.2) is 0 Å². The highest BCUT2D eigenvalue weighted by atomic mass is 16.3. The predicted molar refractivity (Wildman–Crippen MR) is 86.6 cm³/mol. The zero-order valence-corrected chi connectivity index (χ0v) is 11.9. The quantitative estimate of drug-likeness (QED) is 0.392. The highest BCUT2D eigenvalue weighted by molar-refractivity contribution is 6.03. The third-order valence-corrected chi connectivity index (χ3v) is 3.43. The van der Waals surface area contributed by atoms with Crippen LogP contribution in [0.15, 0.2) is 65.8 Å². The fourth-order valence-electron chi connectivity index (χ4n) is 2.32. The fourth-order valence-corrected chi connectivity index (χ4v) is 2.32. The molecule has 0 aliphatic carbocycles. The maximum absolute atomic E-state index is 9.91. The lowest BCUT2D eigenvalue weighted by molar-refractivity contribution is 0.474. The van der Waals surface area contributed by atoms with Crippen molar-refractivity contribution in [3.05, 3.63) is 71.9 Å². The number of para-hydroxylation sites is 1. The second-order valence-electron chi connectivity index (χ2n) is 4.91. The first-order valence-electron chi connectivity index (χ1n) is 6.93. The molecular weight excluding hydrogens is 276 g/mol. The van der Waals surface area contributed by atoms with Crippen LogP contribution in [0.25, 0.3) is 11.3 Å². The molecule has 5 nitrogen and oxygen atoms in total. The average molecular weight is 292 g/mol. The highest BCUT2D eigenvalue weighted by Gasteiger charge is 2.11. The molecule has 3 aromatic rings. The van der Waals surface area contributed by atoms with Crippen molar-refractivity contribution >= 4 is 5.71 Å². The van der Waals surface area contributed by atoms with Gasteiger partial charge < -0.3 is 10.9 Å². The van der Waals surface area contributed by atoms with Crippen LogP contribution < -0.4 is 5.84 Å². The van der Waals surface area contributed by atoms with E-state index in [-0.39, 0.29) is 5.75 Å². The number of aromatic amines is 1. The number of nitrogens with two attached hydrogens (primary N) is 1. The van der Waals surface area contributed by atoms with Gasteiger partial charge in [-0.25, -0.2) is 0 Å². The summed E-state index contributed by atoms with van der Waals surface area (Å²) in [7, 11) is 0. The lowest BCUT2D eigenvalue weighted by atomic mass is 10.0. The molecule has 1 heterocycles. The molecule has 4 N–H and O–H groups in total. The molecule has 0 saturated carbocycles. The number of aromatic hydroxyl groups is 1. The van der Waals surface area contributed by atoms with E-state index in [1.807, 2.05) is 42.5 Å². The Hall–Kier alpha value is -3.08. The Morgan fingerprint density at radius 2 is 1.82 bits per heavy atom. The summed E-state index contributed by atoms with van der Waals surface area (Å²) in [5.41, 5.74) is 4.01. The van der Waals surface area contributed by atoms with E-state index in [1.165, 1.54) is 0 Å². The Labute approximate surface area is 128 Å². The van der Waals surface area contributed by atoms with Crippen LogP contribution >= 0.6 is 0 Å². The molecule has 0 saturated heterocycles. The van der Waals surface area contributed by atoms with E-state index in [0.29, 0.717) is 17.7 Å². The molecule has 0 fully saturated rings. The molecule has 0 aliphatic rings. The van der Waals surface area contributed by atoms with Crippen LogP contribution in [0.2, 0.25) is 0 Å². The minimum absolute atomic E-state index is 0.162. The summed E-state index contributed by atoms with van der Waals surface area (Å²) in [6.45, 7) is 0. The molecule has 0 atom stereocenters. The van der Waals surface area contributed by atoms with Gasteiger partial charge in [-0.3, -0.25) is 5.10 Å². The summed E-state index contributed by atoms with van der Waals surface area (Å²) >= 11 is 0. The van der Waals surface area contributed by atoms with Gasteiger partial charge in [0.25, 0.3) is 0 Å². The topological polar surface area (TPSA) is 87.3 Å². The van der Waals surface area contributed by atoms with E-state index < -0.39 is 0 Å². The lowest BCUT2D eigenvalue weighted by Crippen LogP contribution is -2.08. The first kappa shape index (κ1) is 13.9. The summed E-state index contributed by atoms with van der Waals surface area (Å²) in [5, 5.41) is 21.0. The third kappa shape index (κ3) is 2.83. The Balaban J connectivity index is 1.84. The minimum Gasteiger partial charge on any atom is -0.507 e. The van der Waals surface area contributed by atoms with E-state index >= 15 is 0 Å². The van der Waals surface area contributed by atoms with E-state index in [4.69, 9.17) is 5.84 Å². The van der Waals surface area contributed by atoms with Gasteiger partial charge in [0.1, 0.15) is 5.75 Å². The van der Waals surface area contributed by atoms with Crippen LogP contribution in [0, 0.1) is 0 Å². The van der Waals surface area contributed by atoms with Crippen molar-refractivity contribution in [1.82, 2.24) is 10.2 Å². The Kier molecular flexibility index (Phi) is 3.87. The summed E-state index contributed by atoms with van der Waals surface area (Å²) in [6, 6.07) is 18.9. The number of benzene rings is 2. The van der Waals surface area contributed by atoms with Crippen molar-refractivity contribution in [3.63, 3.8) is 0 Å². The molecular formula is C17H16N4O. The molecule has 110 valence electrons. The monoisotopic (exact) mass is 292 g/mol. The van der Waals surface area contributed by atoms with E-state index in [2.05, 4.69) is 15.3 Å². The van der Waals surface area contributed by atoms with Crippen LogP contribution in [0.3, 0.4) is 0 Å². The van der Waals surface area contributed by atoms with Crippen LogP contribution in [0.1, 0.15) is 11.3 Å². The maximum atomic E-state index is 9.91. The third-order valence-electron chi connectivity index (χ3n) is 3.43. The predicted octanol–water partition coefficient (Wildman–Crippen LogP) is 2.69. The molecule has 5 heteroatoms. The molecule has 2 aromatic carbocycles. The first-order chi connectivity index (χ1) is 10.8. The molecule has 0 unspecified atom stereocenters. The molecule has 22 heavy (non-hydrogen) atoms. The fraction of sp³-hybridized carbons (Fsp3) is 0.0588. The van der Waals surface area contributed by atoms with Crippen molar-refractivity contribution < 1.29 is 5.11 Å². The zero-order chi connectivity index (χ0) is 15.4. The zero-order valence-electron chi connectivity index (χ0n) is 11.9. The number of rotatable bonds is 4. The number of phenolic OH excluding ortho intramolecular Hbond substituents is 1. The van der Waals surface area contributed by atoms with E-state index in [9.17, 15) is 5.11 Å². The van der Waals surface area contributed by atoms with Gasteiger partial charge in [-0.2, -0.15) is 10.2 Å². The Bertz CT molecular complexity index is 793.